The van der Waals surface area contributed by atoms with Crippen molar-refractivity contribution in [1.29, 1.82) is 0 Å². The van der Waals surface area contributed by atoms with Gasteiger partial charge in [0.15, 0.2) is 0 Å². The third kappa shape index (κ3) is 2.62. The molecule has 1 N–H and O–H groups in total. The second-order valence-electron chi connectivity index (χ2n) is 4.61. The Morgan fingerprint density at radius 3 is 3.00 bits per heavy atom. The van der Waals surface area contributed by atoms with Crippen molar-refractivity contribution < 1.29 is 5.11 Å². The van der Waals surface area contributed by atoms with E-state index < -0.39 is 0 Å². The van der Waals surface area contributed by atoms with Gasteiger partial charge in [-0.2, -0.15) is 0 Å². The van der Waals surface area contributed by atoms with Crippen LogP contribution in [0.2, 0.25) is 0 Å². The van der Waals surface area contributed by atoms with Gasteiger partial charge in [0.05, 0.1) is 13.2 Å². The highest BCUT2D eigenvalue weighted by molar-refractivity contribution is 4.92. The number of hydrogen-bond acceptors (Lipinski definition) is 3. The Balaban J connectivity index is 2.03. The molecular formula is C12H21N3O. The van der Waals surface area contributed by atoms with E-state index >= 15 is 0 Å². The molecule has 0 bridgehead atoms. The first-order chi connectivity index (χ1) is 7.81. The molecule has 2 rings (SSSR count). The lowest BCUT2D eigenvalue weighted by molar-refractivity contribution is 0.115. The van der Waals surface area contributed by atoms with E-state index in [1.807, 2.05) is 19.4 Å². The van der Waals surface area contributed by atoms with Crippen LogP contribution in [0.5, 0.6) is 0 Å². The van der Waals surface area contributed by atoms with Crippen molar-refractivity contribution in [2.75, 3.05) is 13.2 Å². The van der Waals surface area contributed by atoms with Crippen LogP contribution >= 0.6 is 0 Å². The van der Waals surface area contributed by atoms with Crippen molar-refractivity contribution in [1.82, 2.24) is 14.5 Å². The summed E-state index contributed by atoms with van der Waals surface area (Å²) in [6, 6.07) is 0.319. The highest BCUT2D eigenvalue weighted by atomic mass is 16.3. The molecule has 1 aromatic rings. The lowest BCUT2D eigenvalue weighted by atomic mass is 10.1. The number of aliphatic hydroxyl groups excluding tert-OH is 1. The maximum Gasteiger partial charge on any atom is 0.122 e. The number of hydrogen-bond donors (Lipinski definition) is 1. The molecule has 0 spiro atoms. The minimum absolute atomic E-state index is 0.268. The molecule has 1 aromatic heterocycles. The van der Waals surface area contributed by atoms with E-state index in [2.05, 4.69) is 14.5 Å². The summed E-state index contributed by atoms with van der Waals surface area (Å²) >= 11 is 0. The molecule has 1 aliphatic heterocycles. The smallest absolute Gasteiger partial charge is 0.122 e. The van der Waals surface area contributed by atoms with Gasteiger partial charge in [-0.1, -0.05) is 12.8 Å². The largest absolute Gasteiger partial charge is 0.395 e. The lowest BCUT2D eigenvalue weighted by Gasteiger charge is -2.27. The molecule has 16 heavy (non-hydrogen) atoms. The van der Waals surface area contributed by atoms with Gasteiger partial charge in [-0.15, -0.1) is 0 Å². The Morgan fingerprint density at radius 1 is 1.44 bits per heavy atom. The van der Waals surface area contributed by atoms with Crippen molar-refractivity contribution in [3.63, 3.8) is 0 Å². The van der Waals surface area contributed by atoms with Crippen LogP contribution in [0.15, 0.2) is 12.4 Å². The topological polar surface area (TPSA) is 41.3 Å². The van der Waals surface area contributed by atoms with Gasteiger partial charge in [-0.25, -0.2) is 4.98 Å². The number of aryl methyl sites for hydroxylation is 1. The van der Waals surface area contributed by atoms with E-state index in [0.29, 0.717) is 6.04 Å². The Bertz CT molecular complexity index is 324. The molecule has 1 saturated heterocycles. The summed E-state index contributed by atoms with van der Waals surface area (Å²) < 4.78 is 2.05. The maximum absolute atomic E-state index is 9.42. The van der Waals surface area contributed by atoms with Crippen molar-refractivity contribution in [2.45, 2.75) is 38.3 Å². The average molecular weight is 223 g/mol. The number of nitrogens with zero attached hydrogens (tertiary/aromatic N) is 3. The normalized spacial score (nSPS) is 23.2. The van der Waals surface area contributed by atoms with E-state index in [1.54, 1.807) is 0 Å². The first-order valence-electron chi connectivity index (χ1n) is 6.12. The first kappa shape index (κ1) is 11.6. The van der Waals surface area contributed by atoms with Crippen molar-refractivity contribution >= 4 is 0 Å². The van der Waals surface area contributed by atoms with E-state index in [0.717, 1.165) is 25.3 Å². The number of rotatable bonds is 3. The second kappa shape index (κ2) is 5.46. The van der Waals surface area contributed by atoms with Crippen molar-refractivity contribution in [3.05, 3.63) is 18.2 Å². The predicted octanol–water partition coefficient (Wildman–Crippen LogP) is 1.16. The monoisotopic (exact) mass is 223 g/mol. The van der Waals surface area contributed by atoms with Crippen LogP contribution in [0.3, 0.4) is 0 Å². The standard InChI is InChI=1S/C12H21N3O/c1-14-8-6-13-12(14)9-15-7-4-2-3-5-11(15)10-16/h6,8,11,16H,2-5,7,9-10H2,1H3. The van der Waals surface area contributed by atoms with Crippen LogP contribution in [-0.2, 0) is 13.6 Å². The molecule has 4 nitrogen and oxygen atoms in total. The van der Waals surface area contributed by atoms with Crippen LogP contribution < -0.4 is 0 Å². The van der Waals surface area contributed by atoms with Crippen molar-refractivity contribution in [3.8, 4) is 0 Å². The maximum atomic E-state index is 9.42. The first-order valence-corrected chi connectivity index (χ1v) is 6.12. The molecule has 0 amide bonds. The average Bonchev–Trinajstić information content (AvgIpc) is 2.56. The minimum atomic E-state index is 0.268. The second-order valence-corrected chi connectivity index (χ2v) is 4.61. The van der Waals surface area contributed by atoms with Gasteiger partial charge in [0, 0.05) is 25.5 Å². The van der Waals surface area contributed by atoms with E-state index in [-0.39, 0.29) is 6.61 Å². The third-order valence-electron chi connectivity index (χ3n) is 3.48. The van der Waals surface area contributed by atoms with Gasteiger partial charge in [0.1, 0.15) is 5.82 Å². The summed E-state index contributed by atoms with van der Waals surface area (Å²) in [5.41, 5.74) is 0. The Morgan fingerprint density at radius 2 is 2.31 bits per heavy atom. The Kier molecular flexibility index (Phi) is 3.96. The highest BCUT2D eigenvalue weighted by Crippen LogP contribution is 2.18. The molecule has 0 saturated carbocycles. The summed E-state index contributed by atoms with van der Waals surface area (Å²) in [5, 5.41) is 9.42. The summed E-state index contributed by atoms with van der Waals surface area (Å²) in [6.45, 7) is 2.21. The molecule has 4 heteroatoms. The highest BCUT2D eigenvalue weighted by Gasteiger charge is 2.21. The zero-order valence-electron chi connectivity index (χ0n) is 9.97. The fraction of sp³-hybridized carbons (Fsp3) is 0.750. The number of aliphatic hydroxyl groups is 1. The lowest BCUT2D eigenvalue weighted by Crippen LogP contribution is -2.37. The minimum Gasteiger partial charge on any atom is -0.395 e. The Hall–Kier alpha value is -0.870. The van der Waals surface area contributed by atoms with Crippen molar-refractivity contribution in [2.24, 2.45) is 7.05 Å². The molecule has 0 aliphatic carbocycles. The van der Waals surface area contributed by atoms with Crippen LogP contribution in [0.4, 0.5) is 0 Å². The van der Waals surface area contributed by atoms with Crippen LogP contribution in [0, 0.1) is 0 Å². The molecule has 0 radical (unpaired) electrons. The molecule has 1 aliphatic rings. The zero-order chi connectivity index (χ0) is 11.4. The van der Waals surface area contributed by atoms with Crippen LogP contribution in [0.1, 0.15) is 31.5 Å². The number of imidazole rings is 1. The van der Waals surface area contributed by atoms with Gasteiger partial charge in [0.25, 0.3) is 0 Å². The Labute approximate surface area is 96.9 Å². The fourth-order valence-electron chi connectivity index (χ4n) is 2.38. The summed E-state index contributed by atoms with van der Waals surface area (Å²) in [5.74, 6) is 1.08. The molecule has 2 heterocycles. The van der Waals surface area contributed by atoms with Gasteiger partial charge in [0.2, 0.25) is 0 Å². The molecule has 1 unspecified atom stereocenters. The van der Waals surface area contributed by atoms with Gasteiger partial charge < -0.3 is 9.67 Å². The zero-order valence-corrected chi connectivity index (χ0v) is 9.97. The van der Waals surface area contributed by atoms with Gasteiger partial charge in [-0.3, -0.25) is 4.90 Å². The van der Waals surface area contributed by atoms with E-state index in [1.165, 1.54) is 19.3 Å². The SMILES string of the molecule is Cn1ccnc1CN1CCCCCC1CO. The van der Waals surface area contributed by atoms with E-state index in [9.17, 15) is 5.11 Å². The number of likely N-dealkylation sites (tertiary alicyclic amines) is 1. The molecule has 1 atom stereocenters. The summed E-state index contributed by atoms with van der Waals surface area (Å²) in [4.78, 5) is 6.72. The molecule has 90 valence electrons. The third-order valence-corrected chi connectivity index (χ3v) is 3.48. The molecule has 0 aromatic carbocycles. The molecular weight excluding hydrogens is 202 g/mol. The van der Waals surface area contributed by atoms with Crippen LogP contribution in [-0.4, -0.2) is 38.8 Å². The fourth-order valence-corrected chi connectivity index (χ4v) is 2.38. The van der Waals surface area contributed by atoms with Gasteiger partial charge >= 0.3 is 0 Å². The summed E-state index contributed by atoms with van der Waals surface area (Å²) in [6.07, 6.45) is 8.68. The van der Waals surface area contributed by atoms with Crippen LogP contribution in [0.25, 0.3) is 0 Å². The summed E-state index contributed by atoms with van der Waals surface area (Å²) in [7, 11) is 2.02. The van der Waals surface area contributed by atoms with E-state index in [4.69, 9.17) is 0 Å². The quantitative estimate of drug-likeness (QED) is 0.836. The predicted molar refractivity (Wildman–Crippen MR) is 63.0 cm³/mol. The molecule has 1 fully saturated rings. The number of aromatic nitrogens is 2. The van der Waals surface area contributed by atoms with Gasteiger partial charge in [-0.05, 0) is 19.4 Å².